The van der Waals surface area contributed by atoms with Gasteiger partial charge in [0.2, 0.25) is 11.9 Å². The Balaban J connectivity index is 1.95. The van der Waals surface area contributed by atoms with Crippen molar-refractivity contribution in [3.8, 4) is 0 Å². The molecule has 1 fully saturated rings. The first-order valence-electron chi connectivity index (χ1n) is 6.59. The minimum Gasteiger partial charge on any atom is -0.396 e. The van der Waals surface area contributed by atoms with E-state index in [1.807, 2.05) is 0 Å². The Kier molecular flexibility index (Phi) is 4.30. The van der Waals surface area contributed by atoms with Gasteiger partial charge in [0.15, 0.2) is 0 Å². The molecule has 1 saturated carbocycles. The van der Waals surface area contributed by atoms with E-state index >= 15 is 0 Å². The van der Waals surface area contributed by atoms with E-state index < -0.39 is 0 Å². The molecule has 4 N–H and O–H groups in total. The molecule has 1 aliphatic carbocycles. The van der Waals surface area contributed by atoms with E-state index in [9.17, 15) is 0 Å². The van der Waals surface area contributed by atoms with Gasteiger partial charge in [0.25, 0.3) is 0 Å². The SMILES string of the molecule is CCC(CCO)CNc1nc(N)nc(C2CC2)n1. The maximum Gasteiger partial charge on any atom is 0.227 e. The van der Waals surface area contributed by atoms with Crippen LogP contribution in [-0.2, 0) is 0 Å². The van der Waals surface area contributed by atoms with Gasteiger partial charge in [-0.25, -0.2) is 0 Å². The first-order valence-corrected chi connectivity index (χ1v) is 6.59. The highest BCUT2D eigenvalue weighted by Gasteiger charge is 2.27. The molecule has 18 heavy (non-hydrogen) atoms. The average Bonchev–Trinajstić information content (AvgIpc) is 3.18. The van der Waals surface area contributed by atoms with E-state index in [4.69, 9.17) is 10.8 Å². The van der Waals surface area contributed by atoms with E-state index in [1.165, 1.54) is 0 Å². The largest absolute Gasteiger partial charge is 0.396 e. The fourth-order valence-corrected chi connectivity index (χ4v) is 1.88. The number of hydrogen-bond acceptors (Lipinski definition) is 6. The van der Waals surface area contributed by atoms with Gasteiger partial charge in [-0.3, -0.25) is 0 Å². The van der Waals surface area contributed by atoms with Gasteiger partial charge in [-0.1, -0.05) is 13.3 Å². The molecule has 1 aromatic heterocycles. The highest BCUT2D eigenvalue weighted by molar-refractivity contribution is 5.32. The van der Waals surface area contributed by atoms with Gasteiger partial charge in [0.05, 0.1) is 0 Å². The highest BCUT2D eigenvalue weighted by Crippen LogP contribution is 2.38. The lowest BCUT2D eigenvalue weighted by atomic mass is 10.0. The molecule has 2 rings (SSSR count). The summed E-state index contributed by atoms with van der Waals surface area (Å²) in [7, 11) is 0. The molecule has 0 spiro atoms. The zero-order chi connectivity index (χ0) is 13.0. The molecule has 0 saturated heterocycles. The van der Waals surface area contributed by atoms with Crippen LogP contribution in [0.4, 0.5) is 11.9 Å². The molecular weight excluding hydrogens is 230 g/mol. The van der Waals surface area contributed by atoms with Crippen LogP contribution in [0.25, 0.3) is 0 Å². The summed E-state index contributed by atoms with van der Waals surface area (Å²) in [6, 6.07) is 0. The summed E-state index contributed by atoms with van der Waals surface area (Å²) in [4.78, 5) is 12.6. The van der Waals surface area contributed by atoms with Crippen molar-refractivity contribution in [1.29, 1.82) is 0 Å². The van der Waals surface area contributed by atoms with Gasteiger partial charge in [0, 0.05) is 19.1 Å². The van der Waals surface area contributed by atoms with Crippen molar-refractivity contribution in [3.05, 3.63) is 5.82 Å². The molecule has 0 radical (unpaired) electrons. The van der Waals surface area contributed by atoms with E-state index in [0.29, 0.717) is 17.8 Å². The minimum absolute atomic E-state index is 0.215. The summed E-state index contributed by atoms with van der Waals surface area (Å²) in [5, 5.41) is 12.1. The zero-order valence-electron chi connectivity index (χ0n) is 10.8. The monoisotopic (exact) mass is 251 g/mol. The van der Waals surface area contributed by atoms with Gasteiger partial charge in [-0.05, 0) is 25.2 Å². The fourth-order valence-electron chi connectivity index (χ4n) is 1.88. The number of nitrogen functional groups attached to an aromatic ring is 1. The number of rotatable bonds is 7. The third kappa shape index (κ3) is 3.53. The number of aliphatic hydroxyl groups excluding tert-OH is 1. The predicted molar refractivity (Wildman–Crippen MR) is 70.2 cm³/mol. The van der Waals surface area contributed by atoms with E-state index in [2.05, 4.69) is 27.2 Å². The lowest BCUT2D eigenvalue weighted by molar-refractivity contribution is 0.258. The summed E-state index contributed by atoms with van der Waals surface area (Å²) in [6.07, 6.45) is 4.10. The Hall–Kier alpha value is -1.43. The Labute approximate surface area is 107 Å². The van der Waals surface area contributed by atoms with Gasteiger partial charge in [0.1, 0.15) is 5.82 Å². The fraction of sp³-hybridized carbons (Fsp3) is 0.750. The Bertz CT molecular complexity index is 394. The standard InChI is InChI=1S/C12H21N5O/c1-2-8(5-6-18)7-14-12-16-10(9-3-4-9)15-11(13)17-12/h8-9,18H,2-7H2,1H3,(H3,13,14,15,16,17). The Morgan fingerprint density at radius 2 is 2.17 bits per heavy atom. The molecule has 1 atom stereocenters. The second-order valence-corrected chi connectivity index (χ2v) is 4.82. The number of aliphatic hydroxyl groups is 1. The topological polar surface area (TPSA) is 97.0 Å². The number of nitrogens with zero attached hydrogens (tertiary/aromatic N) is 3. The molecule has 1 aliphatic rings. The molecule has 0 amide bonds. The lowest BCUT2D eigenvalue weighted by Crippen LogP contribution is -2.17. The summed E-state index contributed by atoms with van der Waals surface area (Å²) in [5.74, 6) is 2.54. The van der Waals surface area contributed by atoms with Crippen molar-refractivity contribution in [2.75, 3.05) is 24.2 Å². The summed E-state index contributed by atoms with van der Waals surface area (Å²) < 4.78 is 0. The molecule has 1 unspecified atom stereocenters. The molecule has 0 aromatic carbocycles. The lowest BCUT2D eigenvalue weighted by Gasteiger charge is -2.14. The number of anilines is 2. The van der Waals surface area contributed by atoms with Gasteiger partial charge < -0.3 is 16.2 Å². The van der Waals surface area contributed by atoms with Crippen LogP contribution in [-0.4, -0.2) is 33.2 Å². The van der Waals surface area contributed by atoms with Crippen LogP contribution >= 0.6 is 0 Å². The van der Waals surface area contributed by atoms with Crippen molar-refractivity contribution in [1.82, 2.24) is 15.0 Å². The van der Waals surface area contributed by atoms with E-state index in [0.717, 1.165) is 38.1 Å². The van der Waals surface area contributed by atoms with E-state index in [1.54, 1.807) is 0 Å². The molecule has 100 valence electrons. The van der Waals surface area contributed by atoms with Gasteiger partial charge in [-0.2, -0.15) is 15.0 Å². The number of nitrogens with one attached hydrogen (secondary N) is 1. The molecule has 6 heteroatoms. The van der Waals surface area contributed by atoms with Crippen LogP contribution in [0.15, 0.2) is 0 Å². The number of nitrogens with two attached hydrogens (primary N) is 1. The second-order valence-electron chi connectivity index (χ2n) is 4.82. The van der Waals surface area contributed by atoms with E-state index in [-0.39, 0.29) is 12.6 Å². The van der Waals surface area contributed by atoms with Crippen LogP contribution in [0.2, 0.25) is 0 Å². The third-order valence-electron chi connectivity index (χ3n) is 3.28. The second kappa shape index (κ2) is 5.95. The van der Waals surface area contributed by atoms with Gasteiger partial charge in [-0.15, -0.1) is 0 Å². The van der Waals surface area contributed by atoms with Crippen LogP contribution in [0.5, 0.6) is 0 Å². The van der Waals surface area contributed by atoms with Crippen molar-refractivity contribution in [2.24, 2.45) is 5.92 Å². The normalized spacial score (nSPS) is 16.6. The van der Waals surface area contributed by atoms with Crippen LogP contribution in [0.3, 0.4) is 0 Å². The van der Waals surface area contributed by atoms with Crippen LogP contribution < -0.4 is 11.1 Å². The Morgan fingerprint density at radius 1 is 1.39 bits per heavy atom. The Morgan fingerprint density at radius 3 is 2.78 bits per heavy atom. The summed E-state index contributed by atoms with van der Waals surface area (Å²) in [5.41, 5.74) is 5.68. The first kappa shape index (κ1) is 13.0. The van der Waals surface area contributed by atoms with Crippen LogP contribution in [0.1, 0.15) is 44.3 Å². The van der Waals surface area contributed by atoms with Gasteiger partial charge >= 0.3 is 0 Å². The summed E-state index contributed by atoms with van der Waals surface area (Å²) in [6.45, 7) is 3.08. The first-order chi connectivity index (χ1) is 8.72. The van der Waals surface area contributed by atoms with Crippen molar-refractivity contribution in [2.45, 2.75) is 38.5 Å². The average molecular weight is 251 g/mol. The molecule has 1 aromatic rings. The smallest absolute Gasteiger partial charge is 0.227 e. The number of aromatic nitrogens is 3. The predicted octanol–water partition coefficient (Wildman–Crippen LogP) is 1.15. The maximum absolute atomic E-state index is 8.95. The minimum atomic E-state index is 0.215. The summed E-state index contributed by atoms with van der Waals surface area (Å²) >= 11 is 0. The highest BCUT2D eigenvalue weighted by atomic mass is 16.3. The molecule has 1 heterocycles. The van der Waals surface area contributed by atoms with Crippen molar-refractivity contribution < 1.29 is 5.11 Å². The third-order valence-corrected chi connectivity index (χ3v) is 3.28. The molecule has 0 bridgehead atoms. The zero-order valence-corrected chi connectivity index (χ0v) is 10.8. The molecule has 0 aliphatic heterocycles. The maximum atomic E-state index is 8.95. The molecular formula is C12H21N5O. The number of hydrogen-bond donors (Lipinski definition) is 3. The quantitative estimate of drug-likeness (QED) is 0.672. The van der Waals surface area contributed by atoms with Crippen molar-refractivity contribution in [3.63, 3.8) is 0 Å². The van der Waals surface area contributed by atoms with Crippen LogP contribution in [0, 0.1) is 5.92 Å². The van der Waals surface area contributed by atoms with Crippen molar-refractivity contribution >= 4 is 11.9 Å². The molecule has 6 nitrogen and oxygen atoms in total.